The lowest BCUT2D eigenvalue weighted by Crippen LogP contribution is -2.45. The summed E-state index contributed by atoms with van der Waals surface area (Å²) in [6.45, 7) is 5.17. The van der Waals surface area contributed by atoms with Crippen LogP contribution in [0.2, 0.25) is 10.0 Å². The van der Waals surface area contributed by atoms with Gasteiger partial charge in [0.15, 0.2) is 5.69 Å². The monoisotopic (exact) mass is 550 g/mol. The fourth-order valence-electron chi connectivity index (χ4n) is 4.18. The minimum absolute atomic E-state index is 0.0654. The largest absolute Gasteiger partial charge is 0.382 e. The van der Waals surface area contributed by atoms with Gasteiger partial charge in [-0.2, -0.15) is 8.42 Å². The molecule has 0 atom stereocenters. The van der Waals surface area contributed by atoms with Crippen LogP contribution in [0, 0.1) is 6.92 Å². The van der Waals surface area contributed by atoms with Gasteiger partial charge in [0.2, 0.25) is 0 Å². The molecule has 1 saturated heterocycles. The summed E-state index contributed by atoms with van der Waals surface area (Å²) >= 11 is 12.6. The number of benzene rings is 2. The van der Waals surface area contributed by atoms with Gasteiger partial charge >= 0.3 is 10.1 Å². The lowest BCUT2D eigenvalue weighted by Gasteiger charge is -2.26. The quantitative estimate of drug-likeness (QED) is 0.377. The van der Waals surface area contributed by atoms with Gasteiger partial charge in [0.05, 0.1) is 16.5 Å². The predicted octanol–water partition coefficient (Wildman–Crippen LogP) is 5.40. The number of imidazole rings is 1. The second-order valence-corrected chi connectivity index (χ2v) is 11.2. The standard InChI is InChI=1S/C25H28Cl2N4O4S/c1-3-15-36(33,34)35-20-10-8-19(9-11-20)31-17(2)23(25(32)29-30-13-5-4-6-14-30)28-24(31)21-12-7-18(26)16-22(21)27/h7-12,16H,3-6,13-15H2,1-2H3,(H,29,32). The lowest BCUT2D eigenvalue weighted by atomic mass is 10.2. The van der Waals surface area contributed by atoms with Crippen LogP contribution in [0.5, 0.6) is 5.75 Å². The van der Waals surface area contributed by atoms with Crippen LogP contribution in [0.3, 0.4) is 0 Å². The van der Waals surface area contributed by atoms with Gasteiger partial charge in [-0.25, -0.2) is 9.99 Å². The Morgan fingerprint density at radius 3 is 2.42 bits per heavy atom. The average Bonchev–Trinajstić information content (AvgIpc) is 3.17. The van der Waals surface area contributed by atoms with Crippen LogP contribution in [-0.4, -0.2) is 47.7 Å². The Morgan fingerprint density at radius 1 is 1.08 bits per heavy atom. The number of aromatic nitrogens is 2. The number of carbonyl (C=O) groups excluding carboxylic acids is 1. The van der Waals surface area contributed by atoms with Crippen LogP contribution in [-0.2, 0) is 10.1 Å². The first-order valence-corrected chi connectivity index (χ1v) is 14.1. The highest BCUT2D eigenvalue weighted by Gasteiger charge is 2.25. The summed E-state index contributed by atoms with van der Waals surface area (Å²) in [5, 5.41) is 2.79. The second kappa shape index (κ2) is 11.2. The van der Waals surface area contributed by atoms with Crippen molar-refractivity contribution in [2.45, 2.75) is 39.5 Å². The molecule has 1 aliphatic heterocycles. The van der Waals surface area contributed by atoms with Gasteiger partial charge in [0, 0.05) is 29.4 Å². The van der Waals surface area contributed by atoms with E-state index >= 15 is 0 Å². The van der Waals surface area contributed by atoms with Crippen molar-refractivity contribution in [3.05, 3.63) is 63.9 Å². The Labute approximate surface area is 221 Å². The fourth-order valence-corrected chi connectivity index (χ4v) is 5.66. The average molecular weight is 551 g/mol. The van der Waals surface area contributed by atoms with Crippen molar-refractivity contribution in [1.29, 1.82) is 0 Å². The molecule has 1 aliphatic rings. The molecule has 0 aliphatic carbocycles. The van der Waals surface area contributed by atoms with Crippen LogP contribution in [0.4, 0.5) is 0 Å². The van der Waals surface area contributed by atoms with E-state index in [1.165, 1.54) is 0 Å². The van der Waals surface area contributed by atoms with Crippen molar-refractivity contribution in [2.75, 3.05) is 18.8 Å². The third kappa shape index (κ3) is 6.03. The number of hydrogen-bond acceptors (Lipinski definition) is 6. The van der Waals surface area contributed by atoms with Crippen LogP contribution < -0.4 is 9.61 Å². The van der Waals surface area contributed by atoms with Gasteiger partial charge in [-0.05, 0) is 68.7 Å². The van der Waals surface area contributed by atoms with E-state index in [1.54, 1.807) is 49.4 Å². The van der Waals surface area contributed by atoms with Crippen molar-refractivity contribution in [2.24, 2.45) is 0 Å². The molecule has 1 N–H and O–H groups in total. The van der Waals surface area contributed by atoms with E-state index in [4.69, 9.17) is 27.4 Å². The molecule has 1 aromatic heterocycles. The number of halogens is 2. The molecule has 4 rings (SSSR count). The van der Waals surface area contributed by atoms with Crippen LogP contribution in [0.25, 0.3) is 17.1 Å². The summed E-state index contributed by atoms with van der Waals surface area (Å²) < 4.78 is 31.1. The molecule has 0 unspecified atom stereocenters. The molecule has 1 amide bonds. The minimum atomic E-state index is -3.66. The molecule has 11 heteroatoms. The molecule has 1 fully saturated rings. The number of nitrogens with zero attached hydrogens (tertiary/aromatic N) is 3. The zero-order valence-corrected chi connectivity index (χ0v) is 22.5. The number of amides is 1. The molecule has 192 valence electrons. The van der Waals surface area contributed by atoms with Gasteiger partial charge in [-0.3, -0.25) is 14.8 Å². The summed E-state index contributed by atoms with van der Waals surface area (Å²) in [4.78, 5) is 17.9. The summed E-state index contributed by atoms with van der Waals surface area (Å²) in [6.07, 6.45) is 3.67. The van der Waals surface area contributed by atoms with E-state index in [2.05, 4.69) is 10.4 Å². The molecular weight excluding hydrogens is 523 g/mol. The third-order valence-electron chi connectivity index (χ3n) is 5.88. The topological polar surface area (TPSA) is 93.5 Å². The number of hydrogen-bond donors (Lipinski definition) is 1. The van der Waals surface area contributed by atoms with Crippen molar-refractivity contribution in [3.8, 4) is 22.8 Å². The van der Waals surface area contributed by atoms with E-state index in [0.717, 1.165) is 32.4 Å². The first-order chi connectivity index (χ1) is 17.2. The third-order valence-corrected chi connectivity index (χ3v) is 7.79. The molecule has 0 saturated carbocycles. The van der Waals surface area contributed by atoms with E-state index in [0.29, 0.717) is 39.2 Å². The van der Waals surface area contributed by atoms with Gasteiger partial charge < -0.3 is 4.18 Å². The first-order valence-electron chi connectivity index (χ1n) is 11.8. The van der Waals surface area contributed by atoms with Crippen LogP contribution in [0.15, 0.2) is 42.5 Å². The van der Waals surface area contributed by atoms with E-state index in [9.17, 15) is 13.2 Å². The Morgan fingerprint density at radius 2 is 1.78 bits per heavy atom. The number of rotatable bonds is 8. The Balaban J connectivity index is 1.74. The maximum atomic E-state index is 13.2. The van der Waals surface area contributed by atoms with Crippen LogP contribution >= 0.6 is 23.2 Å². The normalized spacial score (nSPS) is 14.6. The molecule has 36 heavy (non-hydrogen) atoms. The van der Waals surface area contributed by atoms with Crippen molar-refractivity contribution in [3.63, 3.8) is 0 Å². The van der Waals surface area contributed by atoms with E-state index in [-0.39, 0.29) is 23.1 Å². The molecule has 2 heterocycles. The van der Waals surface area contributed by atoms with Crippen molar-refractivity contribution in [1.82, 2.24) is 20.0 Å². The predicted molar refractivity (Wildman–Crippen MR) is 141 cm³/mol. The highest BCUT2D eigenvalue weighted by Crippen LogP contribution is 2.33. The zero-order valence-electron chi connectivity index (χ0n) is 20.1. The molecule has 0 bridgehead atoms. The number of piperidine rings is 1. The fraction of sp³-hybridized carbons (Fsp3) is 0.360. The molecule has 8 nitrogen and oxygen atoms in total. The second-order valence-electron chi connectivity index (χ2n) is 8.66. The summed E-state index contributed by atoms with van der Waals surface area (Å²) in [5.74, 6) is 0.304. The zero-order chi connectivity index (χ0) is 25.9. The molecule has 2 aromatic carbocycles. The minimum Gasteiger partial charge on any atom is -0.382 e. The highest BCUT2D eigenvalue weighted by atomic mass is 35.5. The van der Waals surface area contributed by atoms with Crippen molar-refractivity contribution >= 4 is 39.2 Å². The Bertz CT molecular complexity index is 1350. The lowest BCUT2D eigenvalue weighted by molar-refractivity contribution is 0.0744. The summed E-state index contributed by atoms with van der Waals surface area (Å²) in [6, 6.07) is 11.7. The van der Waals surface area contributed by atoms with Crippen molar-refractivity contribution < 1.29 is 17.4 Å². The molecule has 3 aromatic rings. The molecular formula is C25H28Cl2N4O4S. The van der Waals surface area contributed by atoms with Gasteiger partial charge in [-0.15, -0.1) is 0 Å². The van der Waals surface area contributed by atoms with Gasteiger partial charge in [0.1, 0.15) is 11.6 Å². The van der Waals surface area contributed by atoms with Gasteiger partial charge in [0.25, 0.3) is 5.91 Å². The number of hydrazine groups is 1. The summed E-state index contributed by atoms with van der Waals surface area (Å²) in [5.41, 5.74) is 5.12. The van der Waals surface area contributed by atoms with E-state index < -0.39 is 10.1 Å². The van der Waals surface area contributed by atoms with E-state index in [1.807, 2.05) is 16.5 Å². The Kier molecular flexibility index (Phi) is 8.24. The Hall–Kier alpha value is -2.59. The van der Waals surface area contributed by atoms with Gasteiger partial charge in [-0.1, -0.05) is 36.5 Å². The smallest absolute Gasteiger partial charge is 0.309 e. The first kappa shape index (κ1) is 26.5. The number of nitrogens with one attached hydrogen (secondary N) is 1. The summed E-state index contributed by atoms with van der Waals surface area (Å²) in [7, 11) is -3.66. The number of carbonyl (C=O) groups is 1. The molecule has 0 spiro atoms. The maximum Gasteiger partial charge on any atom is 0.309 e. The maximum absolute atomic E-state index is 13.2. The molecule has 0 radical (unpaired) electrons. The highest BCUT2D eigenvalue weighted by molar-refractivity contribution is 7.87. The SMILES string of the molecule is CCCS(=O)(=O)Oc1ccc(-n2c(-c3ccc(Cl)cc3Cl)nc(C(=O)NN3CCCCC3)c2C)cc1. The van der Waals surface area contributed by atoms with Crippen LogP contribution in [0.1, 0.15) is 48.8 Å².